The summed E-state index contributed by atoms with van der Waals surface area (Å²) in [6.07, 6.45) is 1.79. The van der Waals surface area contributed by atoms with E-state index in [4.69, 9.17) is 27.9 Å². The van der Waals surface area contributed by atoms with Gasteiger partial charge in [0.15, 0.2) is 11.4 Å². The fourth-order valence-corrected chi connectivity index (χ4v) is 4.54. The predicted molar refractivity (Wildman–Crippen MR) is 112 cm³/mol. The van der Waals surface area contributed by atoms with Crippen molar-refractivity contribution in [3.63, 3.8) is 0 Å². The lowest BCUT2D eigenvalue weighted by Gasteiger charge is -2.06. The molecule has 0 unspecified atom stereocenters. The van der Waals surface area contributed by atoms with E-state index in [1.807, 2.05) is 4.57 Å². The van der Waals surface area contributed by atoms with Gasteiger partial charge in [-0.25, -0.2) is 0 Å². The molecule has 4 nitrogen and oxygen atoms in total. The number of halogens is 2. The van der Waals surface area contributed by atoms with Gasteiger partial charge in [-0.15, -0.1) is 6.58 Å². The van der Waals surface area contributed by atoms with Gasteiger partial charge in [-0.05, 0) is 49.2 Å². The summed E-state index contributed by atoms with van der Waals surface area (Å²) in [4.78, 5) is 17.2. The molecule has 0 fully saturated rings. The van der Waals surface area contributed by atoms with Crippen molar-refractivity contribution in [3.05, 3.63) is 69.0 Å². The maximum absolute atomic E-state index is 12.4. The number of fused-ring (bicyclic) bond motifs is 1. The number of rotatable bonds is 5. The molecule has 0 radical (unpaired) electrons. The number of ether oxygens (including phenoxy) is 1. The quantitative estimate of drug-likeness (QED) is 0.524. The Hall–Kier alpha value is -2.08. The van der Waals surface area contributed by atoms with Crippen LogP contribution >= 0.6 is 34.5 Å². The first-order valence-electron chi connectivity index (χ1n) is 8.26. The highest BCUT2D eigenvalue weighted by Gasteiger charge is 2.11. The molecule has 1 aromatic heterocycles. The molecule has 3 rings (SSSR count). The van der Waals surface area contributed by atoms with Crippen molar-refractivity contribution in [3.8, 4) is 5.75 Å². The van der Waals surface area contributed by atoms with Crippen LogP contribution in [0.15, 0.2) is 48.0 Å². The van der Waals surface area contributed by atoms with Crippen LogP contribution in [0.2, 0.25) is 10.0 Å². The molecule has 0 atom stereocenters. The fourth-order valence-electron chi connectivity index (χ4n) is 2.85. The largest absolute Gasteiger partial charge is 0.482 e. The molecule has 0 saturated heterocycles. The molecule has 0 spiro atoms. The second-order valence-corrected chi connectivity index (χ2v) is 7.93. The van der Waals surface area contributed by atoms with E-state index in [9.17, 15) is 4.79 Å². The van der Waals surface area contributed by atoms with Gasteiger partial charge >= 0.3 is 0 Å². The molecule has 0 aliphatic carbocycles. The molecule has 0 bridgehead atoms. The van der Waals surface area contributed by atoms with Gasteiger partial charge in [0.05, 0.1) is 15.2 Å². The lowest BCUT2D eigenvalue weighted by molar-refractivity contribution is -0.120. The second-order valence-electron chi connectivity index (χ2n) is 6.08. The lowest BCUT2D eigenvalue weighted by Crippen LogP contribution is -2.19. The zero-order chi connectivity index (χ0) is 19.6. The Kier molecular flexibility index (Phi) is 6.05. The Bertz CT molecular complexity index is 1100. The molecule has 140 valence electrons. The maximum atomic E-state index is 12.4. The molecule has 3 aromatic rings. The Morgan fingerprint density at radius 2 is 2.07 bits per heavy atom. The van der Waals surface area contributed by atoms with E-state index >= 15 is 0 Å². The van der Waals surface area contributed by atoms with Crippen molar-refractivity contribution in [1.29, 1.82) is 0 Å². The molecular weight excluding hydrogens is 403 g/mol. The number of allylic oxidation sites excluding steroid dienone is 1. The second kappa shape index (κ2) is 8.30. The van der Waals surface area contributed by atoms with E-state index in [1.165, 1.54) is 16.9 Å². The summed E-state index contributed by atoms with van der Waals surface area (Å²) in [5.74, 6) is 0.00570. The van der Waals surface area contributed by atoms with Gasteiger partial charge in [-0.2, -0.15) is 4.99 Å². The van der Waals surface area contributed by atoms with Gasteiger partial charge in [0, 0.05) is 11.6 Å². The SMILES string of the molecule is C=CCn1c(=NC(=O)COc2ccc(Cl)cc2Cl)sc2cc(C)cc(C)c21. The van der Waals surface area contributed by atoms with Crippen molar-refractivity contribution in [2.45, 2.75) is 20.4 Å². The highest BCUT2D eigenvalue weighted by Crippen LogP contribution is 2.27. The molecule has 0 aliphatic heterocycles. The average Bonchev–Trinajstić information content (AvgIpc) is 2.91. The lowest BCUT2D eigenvalue weighted by atomic mass is 10.1. The van der Waals surface area contributed by atoms with E-state index in [2.05, 4.69) is 37.6 Å². The number of carbonyl (C=O) groups excluding carboxylic acids is 1. The topological polar surface area (TPSA) is 43.6 Å². The van der Waals surface area contributed by atoms with Crippen molar-refractivity contribution < 1.29 is 9.53 Å². The third kappa shape index (κ3) is 4.43. The summed E-state index contributed by atoms with van der Waals surface area (Å²) in [6, 6.07) is 9.06. The van der Waals surface area contributed by atoms with E-state index in [0.717, 1.165) is 15.8 Å². The number of hydrogen-bond acceptors (Lipinski definition) is 3. The van der Waals surface area contributed by atoms with Crippen LogP contribution in [0.3, 0.4) is 0 Å². The summed E-state index contributed by atoms with van der Waals surface area (Å²) in [5, 5.41) is 0.856. The van der Waals surface area contributed by atoms with Crippen molar-refractivity contribution in [1.82, 2.24) is 4.57 Å². The van der Waals surface area contributed by atoms with Gasteiger partial charge in [-0.3, -0.25) is 4.79 Å². The van der Waals surface area contributed by atoms with Gasteiger partial charge < -0.3 is 9.30 Å². The Labute approximate surface area is 171 Å². The van der Waals surface area contributed by atoms with Crippen LogP contribution in [0.25, 0.3) is 10.2 Å². The van der Waals surface area contributed by atoms with Crippen LogP contribution in [0.5, 0.6) is 5.75 Å². The van der Waals surface area contributed by atoms with Crippen LogP contribution in [-0.2, 0) is 11.3 Å². The van der Waals surface area contributed by atoms with E-state index in [1.54, 1.807) is 24.3 Å². The standard InChI is InChI=1S/C20H18Cl2N2O2S/c1-4-7-24-19-13(3)8-12(2)9-17(19)27-20(24)23-18(25)11-26-16-6-5-14(21)10-15(16)22/h4-6,8-10H,1,7,11H2,2-3H3. The molecule has 0 saturated carbocycles. The maximum Gasteiger partial charge on any atom is 0.286 e. The predicted octanol–water partition coefficient (Wildman–Crippen LogP) is 5.32. The first-order chi connectivity index (χ1) is 12.9. The van der Waals surface area contributed by atoms with E-state index < -0.39 is 0 Å². The summed E-state index contributed by atoms with van der Waals surface area (Å²) in [5.41, 5.74) is 3.38. The number of carbonyl (C=O) groups is 1. The number of aromatic nitrogens is 1. The summed E-state index contributed by atoms with van der Waals surface area (Å²) < 4.78 is 8.56. The molecule has 1 heterocycles. The van der Waals surface area contributed by atoms with Crippen LogP contribution in [0.4, 0.5) is 0 Å². The molecule has 27 heavy (non-hydrogen) atoms. The normalized spacial score (nSPS) is 11.8. The Morgan fingerprint density at radius 1 is 1.30 bits per heavy atom. The third-order valence-corrected chi connectivity index (χ3v) is 5.44. The number of hydrogen-bond donors (Lipinski definition) is 0. The Balaban J connectivity index is 1.92. The zero-order valence-electron chi connectivity index (χ0n) is 15.0. The molecule has 2 aromatic carbocycles. The highest BCUT2D eigenvalue weighted by atomic mass is 35.5. The average molecular weight is 421 g/mol. The molecule has 0 aliphatic rings. The Morgan fingerprint density at radius 3 is 2.78 bits per heavy atom. The van der Waals surface area contributed by atoms with Crippen LogP contribution in [-0.4, -0.2) is 17.1 Å². The highest BCUT2D eigenvalue weighted by molar-refractivity contribution is 7.16. The van der Waals surface area contributed by atoms with E-state index in [0.29, 0.717) is 27.1 Å². The van der Waals surface area contributed by atoms with Gasteiger partial charge in [0.25, 0.3) is 5.91 Å². The van der Waals surface area contributed by atoms with E-state index in [-0.39, 0.29) is 12.5 Å². The van der Waals surface area contributed by atoms with Gasteiger partial charge in [0.2, 0.25) is 0 Å². The monoisotopic (exact) mass is 420 g/mol. The smallest absolute Gasteiger partial charge is 0.286 e. The minimum atomic E-state index is -0.389. The molecule has 7 heteroatoms. The van der Waals surface area contributed by atoms with Crippen LogP contribution in [0.1, 0.15) is 11.1 Å². The number of thiazole rings is 1. The number of aryl methyl sites for hydroxylation is 2. The van der Waals surface area contributed by atoms with Crippen molar-refractivity contribution >= 4 is 50.7 Å². The van der Waals surface area contributed by atoms with Crippen molar-refractivity contribution in [2.75, 3.05) is 6.61 Å². The van der Waals surface area contributed by atoms with Crippen molar-refractivity contribution in [2.24, 2.45) is 4.99 Å². The molecular formula is C20H18Cl2N2O2S. The first kappa shape index (κ1) is 19.7. The van der Waals surface area contributed by atoms with Crippen LogP contribution < -0.4 is 9.54 Å². The first-order valence-corrected chi connectivity index (χ1v) is 9.83. The third-order valence-electron chi connectivity index (χ3n) is 3.89. The zero-order valence-corrected chi connectivity index (χ0v) is 17.3. The number of nitrogens with zero attached hydrogens (tertiary/aromatic N) is 2. The fraction of sp³-hybridized carbons (Fsp3) is 0.200. The minimum Gasteiger partial charge on any atom is -0.482 e. The number of benzene rings is 2. The molecule has 1 amide bonds. The summed E-state index contributed by atoms with van der Waals surface area (Å²) in [6.45, 7) is 8.28. The summed E-state index contributed by atoms with van der Waals surface area (Å²) >= 11 is 13.4. The van der Waals surface area contributed by atoms with Gasteiger partial charge in [-0.1, -0.05) is 46.7 Å². The number of amides is 1. The van der Waals surface area contributed by atoms with Crippen LogP contribution in [0, 0.1) is 13.8 Å². The van der Waals surface area contributed by atoms with Gasteiger partial charge in [0.1, 0.15) is 5.75 Å². The minimum absolute atomic E-state index is 0.207. The molecule has 0 N–H and O–H groups in total. The summed E-state index contributed by atoms with van der Waals surface area (Å²) in [7, 11) is 0.